The van der Waals surface area contributed by atoms with E-state index < -0.39 is 6.04 Å². The van der Waals surface area contributed by atoms with Crippen LogP contribution in [0.25, 0.3) is 0 Å². The van der Waals surface area contributed by atoms with Crippen LogP contribution in [0.4, 0.5) is 0 Å². The molecule has 0 radical (unpaired) electrons. The first kappa shape index (κ1) is 13.5. The second-order valence-corrected chi connectivity index (χ2v) is 5.81. The highest BCUT2D eigenvalue weighted by atomic mass is 32.1. The van der Waals surface area contributed by atoms with Crippen LogP contribution in [0.15, 0.2) is 17.5 Å². The molecule has 4 N–H and O–H groups in total. The summed E-state index contributed by atoms with van der Waals surface area (Å²) in [4.78, 5) is 12.9. The van der Waals surface area contributed by atoms with Gasteiger partial charge in [-0.25, -0.2) is 0 Å². The predicted octanol–water partition coefficient (Wildman–Crippen LogP) is 1.42. The summed E-state index contributed by atoms with van der Waals surface area (Å²) in [6, 6.07) is 3.25. The summed E-state index contributed by atoms with van der Waals surface area (Å²) in [5.74, 6) is 0.0426. The Kier molecular flexibility index (Phi) is 4.74. The molecule has 2 rings (SSSR count). The van der Waals surface area contributed by atoms with Gasteiger partial charge in [0, 0.05) is 23.4 Å². The minimum absolute atomic E-state index is 0.0715. The second-order valence-electron chi connectivity index (χ2n) is 4.84. The molecule has 3 atom stereocenters. The first-order valence-corrected chi connectivity index (χ1v) is 7.30. The van der Waals surface area contributed by atoms with Gasteiger partial charge in [-0.3, -0.25) is 4.79 Å². The average Bonchev–Trinajstić information content (AvgIpc) is 2.92. The van der Waals surface area contributed by atoms with Crippen LogP contribution in [0.2, 0.25) is 0 Å². The van der Waals surface area contributed by atoms with Gasteiger partial charge in [0.1, 0.15) is 6.04 Å². The number of aliphatic hydroxyl groups is 1. The summed E-state index contributed by atoms with van der Waals surface area (Å²) in [5.41, 5.74) is 5.92. The monoisotopic (exact) mass is 268 g/mol. The third kappa shape index (κ3) is 3.10. The molecule has 1 amide bonds. The van der Waals surface area contributed by atoms with Gasteiger partial charge in [-0.05, 0) is 24.3 Å². The Bertz CT molecular complexity index is 380. The van der Waals surface area contributed by atoms with Gasteiger partial charge in [0.25, 0.3) is 0 Å². The Balaban J connectivity index is 1.93. The summed E-state index contributed by atoms with van der Waals surface area (Å²) in [7, 11) is 0. The summed E-state index contributed by atoms with van der Waals surface area (Å²) >= 11 is 1.49. The van der Waals surface area contributed by atoms with E-state index in [1.165, 1.54) is 11.3 Å². The molecular formula is C13H20N2O2S. The van der Waals surface area contributed by atoms with Gasteiger partial charge >= 0.3 is 0 Å². The molecule has 1 fully saturated rings. The number of amides is 1. The van der Waals surface area contributed by atoms with Gasteiger partial charge in [-0.15, -0.1) is 11.3 Å². The Hall–Kier alpha value is -0.910. The first-order chi connectivity index (χ1) is 8.72. The van der Waals surface area contributed by atoms with Crippen molar-refractivity contribution in [3.05, 3.63) is 22.4 Å². The van der Waals surface area contributed by atoms with Gasteiger partial charge in [0.15, 0.2) is 0 Å². The van der Waals surface area contributed by atoms with Crippen molar-refractivity contribution >= 4 is 17.2 Å². The lowest BCUT2D eigenvalue weighted by atomic mass is 9.85. The van der Waals surface area contributed by atoms with E-state index in [9.17, 15) is 9.90 Å². The van der Waals surface area contributed by atoms with Crippen LogP contribution in [0.5, 0.6) is 0 Å². The van der Waals surface area contributed by atoms with Crippen molar-refractivity contribution in [3.63, 3.8) is 0 Å². The molecule has 0 aromatic carbocycles. The zero-order valence-electron chi connectivity index (χ0n) is 10.3. The summed E-state index contributed by atoms with van der Waals surface area (Å²) < 4.78 is 0. The minimum atomic E-state index is -0.591. The highest BCUT2D eigenvalue weighted by molar-refractivity contribution is 7.10. The Morgan fingerprint density at radius 1 is 1.56 bits per heavy atom. The van der Waals surface area contributed by atoms with Crippen LogP contribution in [-0.4, -0.2) is 23.7 Å². The Labute approximate surface area is 111 Å². The van der Waals surface area contributed by atoms with Crippen LogP contribution in [0.3, 0.4) is 0 Å². The molecule has 0 saturated heterocycles. The van der Waals surface area contributed by atoms with Gasteiger partial charge in [-0.2, -0.15) is 0 Å². The third-order valence-electron chi connectivity index (χ3n) is 3.60. The predicted molar refractivity (Wildman–Crippen MR) is 72.2 cm³/mol. The fraction of sp³-hybridized carbons (Fsp3) is 0.615. The molecule has 100 valence electrons. The fourth-order valence-corrected chi connectivity index (χ4v) is 3.21. The van der Waals surface area contributed by atoms with Crippen molar-refractivity contribution in [1.29, 1.82) is 0 Å². The summed E-state index contributed by atoms with van der Waals surface area (Å²) in [5, 5.41) is 14.2. The molecule has 1 saturated carbocycles. The highest BCUT2D eigenvalue weighted by Gasteiger charge is 2.28. The molecule has 1 aromatic heterocycles. The molecule has 4 nitrogen and oxygen atoms in total. The van der Waals surface area contributed by atoms with E-state index >= 15 is 0 Å². The maximum atomic E-state index is 12.1. The standard InChI is InChI=1S/C13H20N2O2S/c14-12(11-6-3-7-18-11)13(17)15-10-5-2-1-4-9(10)8-16/h3,6-7,9-10,12,16H,1-2,4-5,8,14H2,(H,15,17). The van der Waals surface area contributed by atoms with E-state index in [0.717, 1.165) is 30.6 Å². The molecule has 1 aliphatic carbocycles. The molecule has 1 aromatic rings. The van der Waals surface area contributed by atoms with Gasteiger partial charge in [0.05, 0.1) is 0 Å². The molecule has 0 bridgehead atoms. The second kappa shape index (κ2) is 6.31. The Morgan fingerprint density at radius 3 is 3.00 bits per heavy atom. The highest BCUT2D eigenvalue weighted by Crippen LogP contribution is 2.25. The van der Waals surface area contributed by atoms with E-state index in [1.54, 1.807) is 0 Å². The summed E-state index contributed by atoms with van der Waals surface area (Å²) in [6.45, 7) is 0.138. The topological polar surface area (TPSA) is 75.4 Å². The van der Waals surface area contributed by atoms with Crippen molar-refractivity contribution in [2.45, 2.75) is 37.8 Å². The van der Waals surface area contributed by atoms with Crippen molar-refractivity contribution in [1.82, 2.24) is 5.32 Å². The molecule has 1 heterocycles. The smallest absolute Gasteiger partial charge is 0.242 e. The Morgan fingerprint density at radius 2 is 2.33 bits per heavy atom. The molecule has 3 unspecified atom stereocenters. The summed E-state index contributed by atoms with van der Waals surface area (Å²) in [6.07, 6.45) is 4.16. The molecule has 18 heavy (non-hydrogen) atoms. The van der Waals surface area contributed by atoms with Crippen molar-refractivity contribution in [2.24, 2.45) is 11.7 Å². The van der Waals surface area contributed by atoms with Gasteiger partial charge in [-0.1, -0.05) is 18.9 Å². The van der Waals surface area contributed by atoms with E-state index in [0.29, 0.717) is 0 Å². The normalized spacial score (nSPS) is 25.7. The van der Waals surface area contributed by atoms with E-state index in [-0.39, 0.29) is 24.5 Å². The number of aliphatic hydroxyl groups excluding tert-OH is 1. The number of hydrogen-bond donors (Lipinski definition) is 3. The van der Waals surface area contributed by atoms with Crippen molar-refractivity contribution in [3.8, 4) is 0 Å². The van der Waals surface area contributed by atoms with Crippen LogP contribution in [0, 0.1) is 5.92 Å². The molecule has 5 heteroatoms. The van der Waals surface area contributed by atoms with Crippen molar-refractivity contribution < 1.29 is 9.90 Å². The number of hydrogen-bond acceptors (Lipinski definition) is 4. The number of carbonyl (C=O) groups excluding carboxylic acids is 1. The van der Waals surface area contributed by atoms with E-state index in [2.05, 4.69) is 5.32 Å². The average molecular weight is 268 g/mol. The number of thiophene rings is 1. The van der Waals surface area contributed by atoms with Crippen LogP contribution in [0.1, 0.15) is 36.6 Å². The fourth-order valence-electron chi connectivity index (χ4n) is 2.49. The molecular weight excluding hydrogens is 248 g/mol. The van der Waals surface area contributed by atoms with Crippen LogP contribution >= 0.6 is 11.3 Å². The van der Waals surface area contributed by atoms with Crippen molar-refractivity contribution in [2.75, 3.05) is 6.61 Å². The largest absolute Gasteiger partial charge is 0.396 e. The molecule has 1 aliphatic rings. The van der Waals surface area contributed by atoms with Crippen LogP contribution < -0.4 is 11.1 Å². The SMILES string of the molecule is NC(C(=O)NC1CCCCC1CO)c1cccs1. The number of nitrogens with one attached hydrogen (secondary N) is 1. The number of rotatable bonds is 4. The van der Waals surface area contributed by atoms with Crippen LogP contribution in [-0.2, 0) is 4.79 Å². The zero-order valence-corrected chi connectivity index (χ0v) is 11.2. The lowest BCUT2D eigenvalue weighted by molar-refractivity contribution is -0.123. The number of nitrogens with two attached hydrogens (primary N) is 1. The first-order valence-electron chi connectivity index (χ1n) is 6.42. The maximum Gasteiger partial charge on any atom is 0.242 e. The lowest BCUT2D eigenvalue weighted by Crippen LogP contribution is -2.46. The minimum Gasteiger partial charge on any atom is -0.396 e. The quantitative estimate of drug-likeness (QED) is 0.773. The lowest BCUT2D eigenvalue weighted by Gasteiger charge is -2.31. The van der Waals surface area contributed by atoms with Gasteiger partial charge < -0.3 is 16.2 Å². The van der Waals surface area contributed by atoms with E-state index in [1.807, 2.05) is 17.5 Å². The number of carbonyl (C=O) groups is 1. The molecule has 0 spiro atoms. The molecule has 0 aliphatic heterocycles. The zero-order chi connectivity index (χ0) is 13.0. The van der Waals surface area contributed by atoms with E-state index in [4.69, 9.17) is 5.73 Å². The maximum absolute atomic E-state index is 12.1. The van der Waals surface area contributed by atoms with Gasteiger partial charge in [0.2, 0.25) is 5.91 Å². The third-order valence-corrected chi connectivity index (χ3v) is 4.56.